The van der Waals surface area contributed by atoms with Gasteiger partial charge in [0.15, 0.2) is 0 Å². The Labute approximate surface area is 141 Å². The highest BCUT2D eigenvalue weighted by atomic mass is 16.5. The van der Waals surface area contributed by atoms with Gasteiger partial charge in [0, 0.05) is 23.0 Å². The maximum Gasteiger partial charge on any atom is 0.131 e. The lowest BCUT2D eigenvalue weighted by molar-refractivity contribution is -0.111. The SMILES string of the molecule is O=C[C@@H](Cc1ccccc1)C1c2ccccc2Oc2ccccc21. The van der Waals surface area contributed by atoms with Gasteiger partial charge in [0.1, 0.15) is 17.8 Å². The van der Waals surface area contributed by atoms with Crippen molar-refractivity contribution >= 4 is 6.29 Å². The van der Waals surface area contributed by atoms with E-state index in [0.717, 1.165) is 35.3 Å². The number of rotatable bonds is 4. The van der Waals surface area contributed by atoms with Crippen LogP contribution in [0.25, 0.3) is 0 Å². The third-order valence-electron chi connectivity index (χ3n) is 4.65. The number of fused-ring (bicyclic) bond motifs is 2. The molecule has 0 fully saturated rings. The molecule has 1 heterocycles. The highest BCUT2D eigenvalue weighted by Gasteiger charge is 2.33. The van der Waals surface area contributed by atoms with Crippen LogP contribution in [0.1, 0.15) is 22.6 Å². The van der Waals surface area contributed by atoms with Crippen molar-refractivity contribution in [1.29, 1.82) is 0 Å². The summed E-state index contributed by atoms with van der Waals surface area (Å²) in [6.45, 7) is 0. The topological polar surface area (TPSA) is 26.3 Å². The number of para-hydroxylation sites is 2. The van der Waals surface area contributed by atoms with Gasteiger partial charge in [-0.15, -0.1) is 0 Å². The highest BCUT2D eigenvalue weighted by Crippen LogP contribution is 2.47. The number of benzene rings is 3. The maximum absolute atomic E-state index is 12.0. The molecule has 1 atom stereocenters. The van der Waals surface area contributed by atoms with Crippen molar-refractivity contribution in [2.75, 3.05) is 0 Å². The molecule has 4 rings (SSSR count). The predicted molar refractivity (Wildman–Crippen MR) is 94.5 cm³/mol. The van der Waals surface area contributed by atoms with Crippen LogP contribution in [-0.4, -0.2) is 6.29 Å². The van der Waals surface area contributed by atoms with Crippen molar-refractivity contribution in [2.45, 2.75) is 12.3 Å². The zero-order chi connectivity index (χ0) is 16.4. The Bertz CT molecular complexity index is 809. The van der Waals surface area contributed by atoms with Gasteiger partial charge in [-0.3, -0.25) is 0 Å². The van der Waals surface area contributed by atoms with Crippen LogP contribution in [0.2, 0.25) is 0 Å². The molecule has 1 aliphatic rings. The average molecular weight is 314 g/mol. The molecule has 0 aliphatic carbocycles. The van der Waals surface area contributed by atoms with E-state index in [2.05, 4.69) is 24.3 Å². The van der Waals surface area contributed by atoms with Crippen molar-refractivity contribution < 1.29 is 9.53 Å². The summed E-state index contributed by atoms with van der Waals surface area (Å²) in [7, 11) is 0. The molecular weight excluding hydrogens is 296 g/mol. The lowest BCUT2D eigenvalue weighted by atomic mass is 9.77. The van der Waals surface area contributed by atoms with Crippen LogP contribution in [0.3, 0.4) is 0 Å². The second-order valence-corrected chi connectivity index (χ2v) is 6.15. The van der Waals surface area contributed by atoms with E-state index in [0.29, 0.717) is 0 Å². The largest absolute Gasteiger partial charge is 0.457 e. The smallest absolute Gasteiger partial charge is 0.131 e. The Morgan fingerprint density at radius 3 is 1.92 bits per heavy atom. The third kappa shape index (κ3) is 2.61. The third-order valence-corrected chi connectivity index (χ3v) is 4.65. The van der Waals surface area contributed by atoms with E-state index in [9.17, 15) is 4.79 Å². The fraction of sp³-hybridized carbons (Fsp3) is 0.136. The molecule has 3 aromatic carbocycles. The molecule has 0 saturated heterocycles. The van der Waals surface area contributed by atoms with Gasteiger partial charge >= 0.3 is 0 Å². The van der Waals surface area contributed by atoms with Crippen molar-refractivity contribution in [3.05, 3.63) is 95.6 Å². The first-order valence-electron chi connectivity index (χ1n) is 8.22. The molecule has 3 aromatic rings. The van der Waals surface area contributed by atoms with Gasteiger partial charge in [0.25, 0.3) is 0 Å². The molecule has 0 spiro atoms. The molecule has 2 heteroatoms. The van der Waals surface area contributed by atoms with Crippen molar-refractivity contribution in [2.24, 2.45) is 5.92 Å². The number of ether oxygens (including phenoxy) is 1. The number of carbonyl (C=O) groups excluding carboxylic acids is 1. The van der Waals surface area contributed by atoms with Gasteiger partial charge in [-0.25, -0.2) is 0 Å². The molecule has 1 aliphatic heterocycles. The first-order chi connectivity index (χ1) is 11.9. The normalized spacial score (nSPS) is 14.2. The molecule has 2 nitrogen and oxygen atoms in total. The van der Waals surface area contributed by atoms with Crippen LogP contribution in [0.15, 0.2) is 78.9 Å². The Kier molecular flexibility index (Phi) is 3.87. The Balaban J connectivity index is 1.79. The van der Waals surface area contributed by atoms with E-state index in [4.69, 9.17) is 4.74 Å². The minimum atomic E-state index is -0.126. The van der Waals surface area contributed by atoms with Crippen LogP contribution in [0, 0.1) is 5.92 Å². The number of carbonyl (C=O) groups is 1. The van der Waals surface area contributed by atoms with Crippen LogP contribution >= 0.6 is 0 Å². The zero-order valence-corrected chi connectivity index (χ0v) is 13.3. The molecule has 0 bridgehead atoms. The molecule has 0 aromatic heterocycles. The lowest BCUT2D eigenvalue weighted by Gasteiger charge is -2.31. The van der Waals surface area contributed by atoms with E-state index in [1.54, 1.807) is 0 Å². The van der Waals surface area contributed by atoms with Gasteiger partial charge < -0.3 is 9.53 Å². The van der Waals surface area contributed by atoms with E-state index >= 15 is 0 Å². The van der Waals surface area contributed by atoms with E-state index < -0.39 is 0 Å². The Hall–Kier alpha value is -2.87. The second-order valence-electron chi connectivity index (χ2n) is 6.15. The number of hydrogen-bond donors (Lipinski definition) is 0. The van der Waals surface area contributed by atoms with E-state index in [1.165, 1.54) is 5.56 Å². The first-order valence-corrected chi connectivity index (χ1v) is 8.22. The fourth-order valence-electron chi connectivity index (χ4n) is 3.54. The van der Waals surface area contributed by atoms with Crippen LogP contribution < -0.4 is 4.74 Å². The summed E-state index contributed by atoms with van der Waals surface area (Å²) in [6, 6.07) is 26.2. The van der Waals surface area contributed by atoms with Gasteiger partial charge in [-0.05, 0) is 24.1 Å². The van der Waals surface area contributed by atoms with Crippen LogP contribution in [0.4, 0.5) is 0 Å². The molecule has 0 N–H and O–H groups in total. The average Bonchev–Trinajstić information content (AvgIpc) is 2.65. The summed E-state index contributed by atoms with van der Waals surface area (Å²) >= 11 is 0. The second kappa shape index (κ2) is 6.32. The minimum Gasteiger partial charge on any atom is -0.457 e. The highest BCUT2D eigenvalue weighted by molar-refractivity contribution is 5.63. The van der Waals surface area contributed by atoms with Gasteiger partial charge in [-0.1, -0.05) is 66.7 Å². The van der Waals surface area contributed by atoms with Crippen molar-refractivity contribution in [1.82, 2.24) is 0 Å². The van der Waals surface area contributed by atoms with Crippen molar-refractivity contribution in [3.8, 4) is 11.5 Å². The van der Waals surface area contributed by atoms with Gasteiger partial charge in [0.05, 0.1) is 0 Å². The maximum atomic E-state index is 12.0. The molecule has 118 valence electrons. The Morgan fingerprint density at radius 2 is 1.33 bits per heavy atom. The van der Waals surface area contributed by atoms with Gasteiger partial charge in [0.2, 0.25) is 0 Å². The summed E-state index contributed by atoms with van der Waals surface area (Å²) in [5.41, 5.74) is 3.35. The number of hydrogen-bond acceptors (Lipinski definition) is 2. The summed E-state index contributed by atoms with van der Waals surface area (Å²) in [4.78, 5) is 12.0. The van der Waals surface area contributed by atoms with Crippen molar-refractivity contribution in [3.63, 3.8) is 0 Å². The van der Waals surface area contributed by atoms with E-state index in [1.807, 2.05) is 54.6 Å². The minimum absolute atomic E-state index is 0.0175. The first kappa shape index (κ1) is 14.7. The molecule has 0 amide bonds. The standard InChI is InChI=1S/C22H18O2/c23-15-17(14-16-8-2-1-3-9-16)22-18-10-4-6-12-20(18)24-21-13-7-5-11-19(21)22/h1-13,15,17,22H,14H2/t17-/m1/s1. The summed E-state index contributed by atoms with van der Waals surface area (Å²) in [5.74, 6) is 1.59. The summed E-state index contributed by atoms with van der Waals surface area (Å²) in [5, 5.41) is 0. The van der Waals surface area contributed by atoms with Crippen LogP contribution in [0.5, 0.6) is 11.5 Å². The number of aldehydes is 1. The molecule has 24 heavy (non-hydrogen) atoms. The van der Waals surface area contributed by atoms with E-state index in [-0.39, 0.29) is 11.8 Å². The fourth-order valence-corrected chi connectivity index (χ4v) is 3.54. The predicted octanol–water partition coefficient (Wildman–Crippen LogP) is 4.98. The molecular formula is C22H18O2. The quantitative estimate of drug-likeness (QED) is 0.635. The lowest BCUT2D eigenvalue weighted by Crippen LogP contribution is -2.22. The molecule has 0 saturated carbocycles. The van der Waals surface area contributed by atoms with Gasteiger partial charge in [-0.2, -0.15) is 0 Å². The molecule has 0 unspecified atom stereocenters. The summed E-state index contributed by atoms with van der Waals surface area (Å²) in [6.07, 6.45) is 1.81. The Morgan fingerprint density at radius 1 is 0.792 bits per heavy atom. The molecule has 0 radical (unpaired) electrons. The summed E-state index contributed by atoms with van der Waals surface area (Å²) < 4.78 is 6.04. The van der Waals surface area contributed by atoms with Crippen LogP contribution in [-0.2, 0) is 11.2 Å². The zero-order valence-electron chi connectivity index (χ0n) is 13.3. The monoisotopic (exact) mass is 314 g/mol.